The number of ether oxygens (including phenoxy) is 1. The van der Waals surface area contributed by atoms with Crippen LogP contribution in [0.5, 0.6) is 0 Å². The van der Waals surface area contributed by atoms with E-state index in [9.17, 15) is 0 Å². The molecule has 0 aromatic carbocycles. The van der Waals surface area contributed by atoms with Gasteiger partial charge < -0.3 is 14.6 Å². The molecular weight excluding hydrogens is 240 g/mol. The Kier molecular flexibility index (Phi) is 4.15. The predicted molar refractivity (Wildman–Crippen MR) is 74.1 cm³/mol. The summed E-state index contributed by atoms with van der Waals surface area (Å²) in [4.78, 5) is 6.71. The van der Waals surface area contributed by atoms with Crippen molar-refractivity contribution >= 4 is 0 Å². The highest BCUT2D eigenvalue weighted by Crippen LogP contribution is 2.35. The summed E-state index contributed by atoms with van der Waals surface area (Å²) in [5.41, 5.74) is 1.30. The molecule has 19 heavy (non-hydrogen) atoms. The number of likely N-dealkylation sites (N-methyl/N-ethyl adjacent to an activating group) is 1. The molecule has 0 bridgehead atoms. The van der Waals surface area contributed by atoms with Crippen molar-refractivity contribution in [2.75, 3.05) is 32.8 Å². The maximum absolute atomic E-state index is 5.79. The fourth-order valence-corrected chi connectivity index (χ4v) is 2.70. The summed E-state index contributed by atoms with van der Waals surface area (Å²) >= 11 is 0. The van der Waals surface area contributed by atoms with Gasteiger partial charge in [-0.25, -0.2) is 4.98 Å². The third kappa shape index (κ3) is 3.35. The van der Waals surface area contributed by atoms with Gasteiger partial charge in [-0.2, -0.15) is 0 Å². The maximum Gasteiger partial charge on any atom is 0.0951 e. The third-order valence-electron chi connectivity index (χ3n) is 4.03. The first-order chi connectivity index (χ1) is 9.36. The Morgan fingerprint density at radius 3 is 3.16 bits per heavy atom. The van der Waals surface area contributed by atoms with Gasteiger partial charge in [-0.15, -0.1) is 0 Å². The second-order valence-electron chi connectivity index (χ2n) is 5.54. The Labute approximate surface area is 114 Å². The fourth-order valence-electron chi connectivity index (χ4n) is 2.70. The van der Waals surface area contributed by atoms with Crippen molar-refractivity contribution < 1.29 is 4.74 Å². The SMILES string of the molecule is CCN1CCOC(CNCc2cncn2C2CC2)C1. The van der Waals surface area contributed by atoms with Crippen LogP contribution in [0.3, 0.4) is 0 Å². The van der Waals surface area contributed by atoms with Crippen molar-refractivity contribution in [3.63, 3.8) is 0 Å². The number of rotatable bonds is 6. The molecule has 1 aromatic heterocycles. The van der Waals surface area contributed by atoms with Crippen LogP contribution >= 0.6 is 0 Å². The summed E-state index contributed by atoms with van der Waals surface area (Å²) in [6.45, 7) is 8.13. The van der Waals surface area contributed by atoms with E-state index in [1.807, 2.05) is 12.5 Å². The number of hydrogen-bond acceptors (Lipinski definition) is 4. The van der Waals surface area contributed by atoms with E-state index >= 15 is 0 Å². The van der Waals surface area contributed by atoms with E-state index in [4.69, 9.17) is 4.74 Å². The Morgan fingerprint density at radius 1 is 1.47 bits per heavy atom. The van der Waals surface area contributed by atoms with Crippen molar-refractivity contribution in [3.05, 3.63) is 18.2 Å². The van der Waals surface area contributed by atoms with Crippen LogP contribution in [0.2, 0.25) is 0 Å². The summed E-state index contributed by atoms with van der Waals surface area (Å²) in [6.07, 6.45) is 6.88. The molecule has 5 nitrogen and oxygen atoms in total. The van der Waals surface area contributed by atoms with Crippen molar-refractivity contribution in [1.29, 1.82) is 0 Å². The van der Waals surface area contributed by atoms with Gasteiger partial charge in [0, 0.05) is 38.4 Å². The lowest BCUT2D eigenvalue weighted by molar-refractivity contribution is -0.0254. The number of imidazole rings is 1. The number of hydrogen-bond donors (Lipinski definition) is 1. The van der Waals surface area contributed by atoms with E-state index < -0.39 is 0 Å². The highest BCUT2D eigenvalue weighted by Gasteiger charge is 2.25. The van der Waals surface area contributed by atoms with Gasteiger partial charge in [0.25, 0.3) is 0 Å². The largest absolute Gasteiger partial charge is 0.374 e. The van der Waals surface area contributed by atoms with E-state index in [-0.39, 0.29) is 0 Å². The Bertz CT molecular complexity index is 402. The van der Waals surface area contributed by atoms with Crippen LogP contribution in [0.1, 0.15) is 31.5 Å². The first-order valence-corrected chi connectivity index (χ1v) is 7.42. The summed E-state index contributed by atoms with van der Waals surface area (Å²) in [6, 6.07) is 0.709. The lowest BCUT2D eigenvalue weighted by Crippen LogP contribution is -2.46. The molecule has 1 saturated heterocycles. The number of morpholine rings is 1. The third-order valence-corrected chi connectivity index (χ3v) is 4.03. The van der Waals surface area contributed by atoms with Gasteiger partial charge in [0.2, 0.25) is 0 Å². The quantitative estimate of drug-likeness (QED) is 0.833. The smallest absolute Gasteiger partial charge is 0.0951 e. The minimum absolute atomic E-state index is 0.325. The second kappa shape index (κ2) is 6.03. The van der Waals surface area contributed by atoms with Crippen LogP contribution in [0.25, 0.3) is 0 Å². The molecule has 0 radical (unpaired) electrons. The molecule has 2 heterocycles. The fraction of sp³-hybridized carbons (Fsp3) is 0.786. The molecule has 106 valence electrons. The number of aromatic nitrogens is 2. The van der Waals surface area contributed by atoms with Crippen molar-refractivity contribution in [3.8, 4) is 0 Å². The molecule has 1 saturated carbocycles. The average molecular weight is 264 g/mol. The van der Waals surface area contributed by atoms with E-state index in [1.165, 1.54) is 18.5 Å². The summed E-state index contributed by atoms with van der Waals surface area (Å²) < 4.78 is 8.11. The van der Waals surface area contributed by atoms with Crippen LogP contribution in [0.4, 0.5) is 0 Å². The van der Waals surface area contributed by atoms with Gasteiger partial charge in [-0.05, 0) is 19.4 Å². The molecular formula is C14H24N4O. The molecule has 0 amide bonds. The number of nitrogens with one attached hydrogen (secondary N) is 1. The van der Waals surface area contributed by atoms with E-state index in [2.05, 4.69) is 26.7 Å². The maximum atomic E-state index is 5.79. The molecule has 5 heteroatoms. The number of nitrogens with zero attached hydrogens (tertiary/aromatic N) is 3. The van der Waals surface area contributed by atoms with Gasteiger partial charge in [0.1, 0.15) is 0 Å². The molecule has 2 fully saturated rings. The lowest BCUT2D eigenvalue weighted by atomic mass is 10.2. The molecule has 1 N–H and O–H groups in total. The van der Waals surface area contributed by atoms with E-state index in [1.54, 1.807) is 0 Å². The summed E-state index contributed by atoms with van der Waals surface area (Å²) in [5, 5.41) is 3.51. The van der Waals surface area contributed by atoms with Crippen LogP contribution in [-0.4, -0.2) is 53.3 Å². The van der Waals surface area contributed by atoms with Gasteiger partial charge in [0.05, 0.1) is 24.7 Å². The van der Waals surface area contributed by atoms with Gasteiger partial charge >= 0.3 is 0 Å². The van der Waals surface area contributed by atoms with Crippen molar-refractivity contribution in [2.24, 2.45) is 0 Å². The Morgan fingerprint density at radius 2 is 2.37 bits per heavy atom. The van der Waals surface area contributed by atoms with Gasteiger partial charge in [-0.3, -0.25) is 4.90 Å². The first-order valence-electron chi connectivity index (χ1n) is 7.42. The molecule has 1 aliphatic carbocycles. The van der Waals surface area contributed by atoms with Crippen LogP contribution in [0.15, 0.2) is 12.5 Å². The predicted octanol–water partition coefficient (Wildman–Crippen LogP) is 1.03. The highest BCUT2D eigenvalue weighted by molar-refractivity contribution is 5.03. The van der Waals surface area contributed by atoms with Crippen molar-refractivity contribution in [1.82, 2.24) is 19.8 Å². The normalized spacial score (nSPS) is 24.8. The molecule has 1 aromatic rings. The Hall–Kier alpha value is -0.910. The molecule has 1 atom stereocenters. The zero-order valence-electron chi connectivity index (χ0n) is 11.7. The van der Waals surface area contributed by atoms with E-state index in [0.717, 1.165) is 39.3 Å². The van der Waals surface area contributed by atoms with Crippen LogP contribution < -0.4 is 5.32 Å². The van der Waals surface area contributed by atoms with Crippen LogP contribution in [0, 0.1) is 0 Å². The topological polar surface area (TPSA) is 42.3 Å². The van der Waals surface area contributed by atoms with Crippen LogP contribution in [-0.2, 0) is 11.3 Å². The minimum Gasteiger partial charge on any atom is -0.374 e. The molecule has 1 unspecified atom stereocenters. The average Bonchev–Trinajstić information content (AvgIpc) is 3.19. The minimum atomic E-state index is 0.325. The second-order valence-corrected chi connectivity index (χ2v) is 5.54. The monoisotopic (exact) mass is 264 g/mol. The Balaban J connectivity index is 1.43. The lowest BCUT2D eigenvalue weighted by Gasteiger charge is -2.32. The molecule has 3 rings (SSSR count). The van der Waals surface area contributed by atoms with Gasteiger partial charge in [0.15, 0.2) is 0 Å². The summed E-state index contributed by atoms with van der Waals surface area (Å²) in [7, 11) is 0. The standard InChI is InChI=1S/C14H24N4O/c1-2-17-5-6-19-14(10-17)9-15-7-13-8-16-11-18(13)12-3-4-12/h8,11-12,14-15H,2-7,9-10H2,1H3. The highest BCUT2D eigenvalue weighted by atomic mass is 16.5. The van der Waals surface area contributed by atoms with Gasteiger partial charge in [-0.1, -0.05) is 6.92 Å². The molecule has 2 aliphatic rings. The molecule has 1 aliphatic heterocycles. The van der Waals surface area contributed by atoms with E-state index in [0.29, 0.717) is 12.1 Å². The molecule has 0 spiro atoms. The summed E-state index contributed by atoms with van der Waals surface area (Å²) in [5.74, 6) is 0. The zero-order chi connectivity index (χ0) is 13.1. The van der Waals surface area contributed by atoms with Crippen molar-refractivity contribution in [2.45, 2.75) is 38.5 Å². The first kappa shape index (κ1) is 13.1. The zero-order valence-corrected chi connectivity index (χ0v) is 11.7.